The zero-order valence-electron chi connectivity index (χ0n) is 46.9. The number of carbonyl (C=O) groups is 6. The van der Waals surface area contributed by atoms with Gasteiger partial charge in [0.2, 0.25) is 0 Å². The molecule has 0 aromatic carbocycles. The normalized spacial score (nSPS) is 24.4. The number of hydrogen-bond donors (Lipinski definition) is 2. The highest BCUT2D eigenvalue weighted by Gasteiger charge is 2.64. The second kappa shape index (κ2) is 36.2. The van der Waals surface area contributed by atoms with Gasteiger partial charge in [0, 0.05) is 30.6 Å². The van der Waals surface area contributed by atoms with Crippen LogP contribution < -0.4 is 0 Å². The molecule has 3 saturated carbocycles. The Hall–Kier alpha value is -3.90. The molecular formula is C63H100O12. The number of allylic oxidation sites excluding steroid dienone is 8. The molecule has 0 bridgehead atoms. The van der Waals surface area contributed by atoms with Crippen LogP contribution in [0.1, 0.15) is 245 Å². The molecule has 0 saturated heterocycles. The first-order valence-corrected chi connectivity index (χ1v) is 30.2. The standard InChI is InChI=1S/C63H100O12/c1-4-6-8-10-12-14-16-18-20-22-24-26-28-30-32-34-57(67)72-46-51(75-60(70)35-33-31-29-27-25-23-21-19-17-15-13-11-9-7-5-2)47-73-58(68)40-41-59(69)74-48-56(66)54-39-38-53-52-37-36-49-44-50(64)42-43-62(49,3)61(52)55(65)45-63(53,54)71/h18-21,42-44,51-55,61,65,71H,4-17,22-41,45-48H2,1-3H3/b20-18-,21-19-. The third-order valence-corrected chi connectivity index (χ3v) is 16.7. The first-order chi connectivity index (χ1) is 36.3. The molecule has 0 aromatic rings. The predicted octanol–water partition coefficient (Wildman–Crippen LogP) is 13.6. The largest absolute Gasteiger partial charge is 0.462 e. The molecule has 8 atom stereocenters. The summed E-state index contributed by atoms with van der Waals surface area (Å²) in [6.45, 7) is 5.35. The number of fused-ring (bicyclic) bond motifs is 5. The number of hydrogen-bond acceptors (Lipinski definition) is 12. The molecule has 0 amide bonds. The Kier molecular flexibility index (Phi) is 30.7. The zero-order valence-corrected chi connectivity index (χ0v) is 46.9. The van der Waals surface area contributed by atoms with Gasteiger partial charge in [-0.2, -0.15) is 0 Å². The number of esters is 4. The van der Waals surface area contributed by atoms with E-state index in [0.717, 1.165) is 82.6 Å². The minimum Gasteiger partial charge on any atom is -0.462 e. The average Bonchev–Trinajstić information content (AvgIpc) is 3.74. The van der Waals surface area contributed by atoms with Crippen molar-refractivity contribution in [2.45, 2.75) is 263 Å². The Morgan fingerprint density at radius 2 is 1.08 bits per heavy atom. The molecular weight excluding hydrogens is 949 g/mol. The van der Waals surface area contributed by atoms with Gasteiger partial charge in [-0.15, -0.1) is 0 Å². The molecule has 0 heterocycles. The van der Waals surface area contributed by atoms with Crippen molar-refractivity contribution >= 4 is 35.4 Å². The maximum Gasteiger partial charge on any atom is 0.306 e. The second-order valence-corrected chi connectivity index (χ2v) is 22.7. The monoisotopic (exact) mass is 1050 g/mol. The van der Waals surface area contributed by atoms with E-state index in [-0.39, 0.29) is 68.9 Å². The molecule has 8 unspecified atom stereocenters. The van der Waals surface area contributed by atoms with Gasteiger partial charge in [-0.05, 0) is 114 Å². The number of rotatable bonds is 41. The zero-order chi connectivity index (χ0) is 54.2. The van der Waals surface area contributed by atoms with E-state index in [4.69, 9.17) is 18.9 Å². The van der Waals surface area contributed by atoms with Gasteiger partial charge in [-0.3, -0.25) is 28.8 Å². The lowest BCUT2D eigenvalue weighted by Crippen LogP contribution is -2.60. The van der Waals surface area contributed by atoms with Crippen LogP contribution in [0.3, 0.4) is 0 Å². The van der Waals surface area contributed by atoms with Gasteiger partial charge in [0.1, 0.15) is 19.8 Å². The third-order valence-electron chi connectivity index (χ3n) is 16.7. The van der Waals surface area contributed by atoms with Crippen molar-refractivity contribution in [2.24, 2.45) is 29.1 Å². The van der Waals surface area contributed by atoms with E-state index in [1.807, 2.05) is 13.0 Å². The van der Waals surface area contributed by atoms with Crippen LogP contribution in [0.2, 0.25) is 0 Å². The topological polar surface area (TPSA) is 180 Å². The fourth-order valence-corrected chi connectivity index (χ4v) is 12.5. The molecule has 4 rings (SSSR count). The first kappa shape index (κ1) is 63.6. The summed E-state index contributed by atoms with van der Waals surface area (Å²) in [7, 11) is 0. The Morgan fingerprint density at radius 1 is 0.613 bits per heavy atom. The maximum absolute atomic E-state index is 13.5. The van der Waals surface area contributed by atoms with Crippen molar-refractivity contribution in [1.29, 1.82) is 0 Å². The van der Waals surface area contributed by atoms with Gasteiger partial charge in [0.15, 0.2) is 17.7 Å². The predicted molar refractivity (Wildman–Crippen MR) is 294 cm³/mol. The lowest BCUT2D eigenvalue weighted by molar-refractivity contribution is -0.176. The van der Waals surface area contributed by atoms with E-state index in [1.165, 1.54) is 77.0 Å². The molecule has 424 valence electrons. The number of carbonyl (C=O) groups excluding carboxylic acids is 6. The molecule has 4 aliphatic rings. The molecule has 2 N–H and O–H groups in total. The van der Waals surface area contributed by atoms with Crippen LogP contribution in [-0.4, -0.2) is 83.3 Å². The first-order valence-electron chi connectivity index (χ1n) is 30.2. The summed E-state index contributed by atoms with van der Waals surface area (Å²) >= 11 is 0. The Bertz CT molecular complexity index is 1850. The number of aliphatic hydroxyl groups is 2. The van der Waals surface area contributed by atoms with Gasteiger partial charge in [0.25, 0.3) is 0 Å². The summed E-state index contributed by atoms with van der Waals surface area (Å²) in [5, 5.41) is 23.6. The van der Waals surface area contributed by atoms with Crippen LogP contribution in [0, 0.1) is 29.1 Å². The minimum atomic E-state index is -1.44. The smallest absolute Gasteiger partial charge is 0.306 e. The summed E-state index contributed by atoms with van der Waals surface area (Å²) in [6.07, 6.45) is 44.4. The second-order valence-electron chi connectivity index (χ2n) is 22.7. The van der Waals surface area contributed by atoms with Crippen molar-refractivity contribution < 1.29 is 57.9 Å². The fraction of sp³-hybridized carbons (Fsp3) is 0.778. The van der Waals surface area contributed by atoms with E-state index < -0.39 is 65.4 Å². The van der Waals surface area contributed by atoms with E-state index in [9.17, 15) is 39.0 Å². The van der Waals surface area contributed by atoms with Crippen molar-refractivity contribution in [3.8, 4) is 0 Å². The van der Waals surface area contributed by atoms with Crippen LogP contribution >= 0.6 is 0 Å². The summed E-state index contributed by atoms with van der Waals surface area (Å²) in [5.74, 6) is -4.14. The van der Waals surface area contributed by atoms with Crippen LogP contribution in [-0.2, 0) is 47.7 Å². The molecule has 4 aliphatic carbocycles. The third kappa shape index (κ3) is 22.9. The van der Waals surface area contributed by atoms with Crippen LogP contribution in [0.15, 0.2) is 48.1 Å². The quantitative estimate of drug-likeness (QED) is 0.0256. The lowest BCUT2D eigenvalue weighted by Gasteiger charge is -2.57. The molecule has 12 heteroatoms. The van der Waals surface area contributed by atoms with E-state index in [0.29, 0.717) is 38.5 Å². The van der Waals surface area contributed by atoms with E-state index in [2.05, 4.69) is 38.2 Å². The fourth-order valence-electron chi connectivity index (χ4n) is 12.5. The summed E-state index contributed by atoms with van der Waals surface area (Å²) in [5.41, 5.74) is -0.936. The molecule has 3 fully saturated rings. The summed E-state index contributed by atoms with van der Waals surface area (Å²) in [4.78, 5) is 77.0. The Morgan fingerprint density at radius 3 is 1.61 bits per heavy atom. The van der Waals surface area contributed by atoms with Gasteiger partial charge >= 0.3 is 23.9 Å². The van der Waals surface area contributed by atoms with Gasteiger partial charge in [0.05, 0.1) is 30.5 Å². The number of Topliss-reactive ketones (excluding diaryl/α,β-unsaturated/α-hetero) is 1. The minimum absolute atomic E-state index is 0.0186. The molecule has 0 aliphatic heterocycles. The van der Waals surface area contributed by atoms with Gasteiger partial charge in [-0.25, -0.2) is 0 Å². The Labute approximate surface area is 452 Å². The molecule has 12 nitrogen and oxygen atoms in total. The van der Waals surface area contributed by atoms with Crippen molar-refractivity contribution in [3.63, 3.8) is 0 Å². The molecule has 75 heavy (non-hydrogen) atoms. The van der Waals surface area contributed by atoms with Crippen LogP contribution in [0.4, 0.5) is 0 Å². The Balaban J connectivity index is 1.14. The van der Waals surface area contributed by atoms with Crippen LogP contribution in [0.5, 0.6) is 0 Å². The maximum atomic E-state index is 13.5. The van der Waals surface area contributed by atoms with Gasteiger partial charge < -0.3 is 29.2 Å². The van der Waals surface area contributed by atoms with E-state index in [1.54, 1.807) is 12.2 Å². The van der Waals surface area contributed by atoms with Crippen molar-refractivity contribution in [2.75, 3.05) is 19.8 Å². The number of ether oxygens (including phenoxy) is 4. The molecule has 0 aromatic heterocycles. The number of unbranched alkanes of at least 4 members (excludes halogenated alkanes) is 22. The summed E-state index contributed by atoms with van der Waals surface area (Å²) < 4.78 is 21.9. The molecule has 0 spiro atoms. The average molecular weight is 1050 g/mol. The highest BCUT2D eigenvalue weighted by Crippen LogP contribution is 2.63. The van der Waals surface area contributed by atoms with Gasteiger partial charge in [-0.1, -0.05) is 159 Å². The SMILES string of the molecule is CCCCCCCC/C=C\CCCCCCCC(=O)OCC(COC(=O)CCC(=O)OCC(=O)C1CCC2C3CCC4=CC(=O)C=CC4(C)C3C(O)CC12O)OC(=O)CCCCCCC/C=C\CCCCCCCC. The highest BCUT2D eigenvalue weighted by atomic mass is 16.6. The van der Waals surface area contributed by atoms with Crippen LogP contribution in [0.25, 0.3) is 0 Å². The summed E-state index contributed by atoms with van der Waals surface area (Å²) in [6, 6.07) is 0. The highest BCUT2D eigenvalue weighted by molar-refractivity contribution is 6.01. The van der Waals surface area contributed by atoms with E-state index >= 15 is 0 Å². The number of ketones is 2. The lowest BCUT2D eigenvalue weighted by atomic mass is 9.49. The van der Waals surface area contributed by atoms with Crippen molar-refractivity contribution in [3.05, 3.63) is 48.1 Å². The molecule has 0 radical (unpaired) electrons. The van der Waals surface area contributed by atoms with Crippen molar-refractivity contribution in [1.82, 2.24) is 0 Å². The number of aliphatic hydroxyl groups excluding tert-OH is 1.